The number of nitrogens with zero attached hydrogens (tertiary/aromatic N) is 1. The SMILES string of the molecule is CC(C)Cc1cc2c3c(nccc3c1)-c1ccccc1-c1ccccc1-2. The molecule has 0 radical (unpaired) electrons. The Morgan fingerprint density at radius 3 is 2.04 bits per heavy atom. The summed E-state index contributed by atoms with van der Waals surface area (Å²) in [6.45, 7) is 4.56. The quantitative estimate of drug-likeness (QED) is 0.348. The van der Waals surface area contributed by atoms with Crippen LogP contribution in [0.4, 0.5) is 0 Å². The molecule has 1 aliphatic carbocycles. The van der Waals surface area contributed by atoms with E-state index < -0.39 is 0 Å². The highest BCUT2D eigenvalue weighted by atomic mass is 14.7. The number of rotatable bonds is 2. The summed E-state index contributed by atoms with van der Waals surface area (Å²) in [6, 6.07) is 24.3. The van der Waals surface area contributed by atoms with Crippen molar-refractivity contribution in [1.82, 2.24) is 4.98 Å². The molecule has 3 aromatic carbocycles. The number of benzene rings is 3. The Balaban J connectivity index is 1.96. The molecule has 4 aromatic rings. The summed E-state index contributed by atoms with van der Waals surface area (Å²) in [5.41, 5.74) is 8.91. The molecule has 0 atom stereocenters. The predicted octanol–water partition coefficient (Wildman–Crippen LogP) is 6.75. The van der Waals surface area contributed by atoms with Crippen LogP contribution in [0.5, 0.6) is 0 Å². The third kappa shape index (κ3) is 2.28. The van der Waals surface area contributed by atoms with Gasteiger partial charge in [-0.15, -0.1) is 0 Å². The summed E-state index contributed by atoms with van der Waals surface area (Å²) in [4.78, 5) is 4.81. The van der Waals surface area contributed by atoms with Crippen LogP contribution in [0.1, 0.15) is 19.4 Å². The Bertz CT molecular complexity index is 1140. The predicted molar refractivity (Wildman–Crippen MR) is 110 cm³/mol. The Labute approximate surface area is 154 Å². The van der Waals surface area contributed by atoms with Crippen LogP contribution in [-0.4, -0.2) is 4.98 Å². The van der Waals surface area contributed by atoms with Gasteiger partial charge < -0.3 is 0 Å². The first-order chi connectivity index (χ1) is 12.7. The first-order valence-corrected chi connectivity index (χ1v) is 9.33. The number of hydrogen-bond donors (Lipinski definition) is 0. The molecular formula is C25H21N. The zero-order valence-corrected chi connectivity index (χ0v) is 15.2. The Hall–Kier alpha value is -2.93. The molecule has 0 saturated carbocycles. The summed E-state index contributed by atoms with van der Waals surface area (Å²) < 4.78 is 0. The van der Waals surface area contributed by atoms with E-state index >= 15 is 0 Å². The second-order valence-electron chi connectivity index (χ2n) is 7.59. The molecule has 0 aliphatic heterocycles. The maximum atomic E-state index is 4.81. The Morgan fingerprint density at radius 1 is 0.731 bits per heavy atom. The molecule has 1 aliphatic rings. The fraction of sp³-hybridized carbons (Fsp3) is 0.160. The number of pyridine rings is 1. The van der Waals surface area contributed by atoms with Crippen LogP contribution in [-0.2, 0) is 6.42 Å². The van der Waals surface area contributed by atoms with Gasteiger partial charge in [-0.3, -0.25) is 4.98 Å². The van der Waals surface area contributed by atoms with Gasteiger partial charge in [0.1, 0.15) is 0 Å². The molecule has 0 fully saturated rings. The molecule has 1 heteroatoms. The fourth-order valence-corrected chi connectivity index (χ4v) is 4.26. The van der Waals surface area contributed by atoms with Crippen LogP contribution < -0.4 is 0 Å². The van der Waals surface area contributed by atoms with Crippen LogP contribution in [0.25, 0.3) is 44.3 Å². The van der Waals surface area contributed by atoms with Gasteiger partial charge in [-0.25, -0.2) is 0 Å². The average molecular weight is 335 g/mol. The second kappa shape index (κ2) is 5.81. The smallest absolute Gasteiger partial charge is 0.0792 e. The molecule has 0 bridgehead atoms. The molecule has 0 saturated heterocycles. The maximum Gasteiger partial charge on any atom is 0.0792 e. The van der Waals surface area contributed by atoms with Crippen molar-refractivity contribution in [2.24, 2.45) is 5.92 Å². The van der Waals surface area contributed by atoms with E-state index in [1.807, 2.05) is 6.20 Å². The lowest BCUT2D eigenvalue weighted by Gasteiger charge is -2.14. The summed E-state index contributed by atoms with van der Waals surface area (Å²) in [6.07, 6.45) is 3.04. The first kappa shape index (κ1) is 15.3. The molecule has 0 amide bonds. The molecule has 26 heavy (non-hydrogen) atoms. The Morgan fingerprint density at radius 2 is 1.35 bits per heavy atom. The van der Waals surface area contributed by atoms with Gasteiger partial charge in [-0.1, -0.05) is 74.5 Å². The molecule has 0 unspecified atom stereocenters. The minimum absolute atomic E-state index is 0.638. The topological polar surface area (TPSA) is 12.9 Å². The Kier molecular flexibility index (Phi) is 3.43. The van der Waals surface area contributed by atoms with Crippen molar-refractivity contribution in [3.63, 3.8) is 0 Å². The van der Waals surface area contributed by atoms with Gasteiger partial charge in [0.25, 0.3) is 0 Å². The van der Waals surface area contributed by atoms with E-state index in [0.29, 0.717) is 5.92 Å². The molecular weight excluding hydrogens is 314 g/mol. The standard InChI is InChI=1S/C25H21N/c1-16(2)13-17-14-18-11-12-26-25-22-10-6-5-8-20(22)19-7-3-4-9-21(19)23(15-17)24(18)25/h3-12,14-16H,13H2,1-2H3. The maximum absolute atomic E-state index is 4.81. The normalized spacial score (nSPS) is 12.0. The average Bonchev–Trinajstić information content (AvgIpc) is 2.77. The molecule has 126 valence electrons. The van der Waals surface area contributed by atoms with Crippen LogP contribution in [0, 0.1) is 5.92 Å². The molecule has 0 N–H and O–H groups in total. The lowest BCUT2D eigenvalue weighted by atomic mass is 9.91. The van der Waals surface area contributed by atoms with Crippen LogP contribution >= 0.6 is 0 Å². The summed E-state index contributed by atoms with van der Waals surface area (Å²) in [5, 5.41) is 2.56. The van der Waals surface area contributed by atoms with Gasteiger partial charge in [-0.2, -0.15) is 0 Å². The van der Waals surface area contributed by atoms with Crippen LogP contribution in [0.15, 0.2) is 72.9 Å². The van der Waals surface area contributed by atoms with E-state index in [-0.39, 0.29) is 0 Å². The molecule has 1 nitrogen and oxygen atoms in total. The van der Waals surface area contributed by atoms with E-state index in [4.69, 9.17) is 4.98 Å². The van der Waals surface area contributed by atoms with Crippen LogP contribution in [0.3, 0.4) is 0 Å². The van der Waals surface area contributed by atoms with Crippen molar-refractivity contribution in [1.29, 1.82) is 0 Å². The largest absolute Gasteiger partial charge is 0.256 e. The zero-order valence-electron chi connectivity index (χ0n) is 15.2. The van der Waals surface area contributed by atoms with Gasteiger partial charge in [0.15, 0.2) is 0 Å². The highest BCUT2D eigenvalue weighted by molar-refractivity contribution is 6.12. The zero-order chi connectivity index (χ0) is 17.7. The molecule has 1 aromatic heterocycles. The van der Waals surface area contributed by atoms with Gasteiger partial charge >= 0.3 is 0 Å². The monoisotopic (exact) mass is 335 g/mol. The van der Waals surface area contributed by atoms with Crippen molar-refractivity contribution in [3.8, 4) is 33.5 Å². The van der Waals surface area contributed by atoms with Gasteiger partial charge in [-0.05, 0) is 51.6 Å². The van der Waals surface area contributed by atoms with Gasteiger partial charge in [0.2, 0.25) is 0 Å². The van der Waals surface area contributed by atoms with Crippen LogP contribution in [0.2, 0.25) is 0 Å². The van der Waals surface area contributed by atoms with Crippen molar-refractivity contribution >= 4 is 10.8 Å². The minimum atomic E-state index is 0.638. The number of fused-ring (bicyclic) bond motifs is 5. The highest BCUT2D eigenvalue weighted by Gasteiger charge is 2.22. The molecule has 1 heterocycles. The molecule has 5 rings (SSSR count). The van der Waals surface area contributed by atoms with Crippen molar-refractivity contribution in [3.05, 3.63) is 78.5 Å². The lowest BCUT2D eigenvalue weighted by molar-refractivity contribution is 0.648. The number of aromatic nitrogens is 1. The summed E-state index contributed by atoms with van der Waals surface area (Å²) >= 11 is 0. The van der Waals surface area contributed by atoms with E-state index in [1.54, 1.807) is 0 Å². The fourth-order valence-electron chi connectivity index (χ4n) is 4.26. The van der Waals surface area contributed by atoms with E-state index in [2.05, 4.69) is 80.6 Å². The second-order valence-corrected chi connectivity index (χ2v) is 7.59. The van der Waals surface area contributed by atoms with E-state index in [1.165, 1.54) is 44.2 Å². The van der Waals surface area contributed by atoms with Crippen molar-refractivity contribution < 1.29 is 0 Å². The summed E-state index contributed by atoms with van der Waals surface area (Å²) in [7, 11) is 0. The van der Waals surface area contributed by atoms with Gasteiger partial charge in [0.05, 0.1) is 5.69 Å². The highest BCUT2D eigenvalue weighted by Crippen LogP contribution is 2.46. The third-order valence-electron chi connectivity index (χ3n) is 5.26. The minimum Gasteiger partial charge on any atom is -0.256 e. The van der Waals surface area contributed by atoms with Crippen molar-refractivity contribution in [2.75, 3.05) is 0 Å². The first-order valence-electron chi connectivity index (χ1n) is 9.33. The summed E-state index contributed by atoms with van der Waals surface area (Å²) in [5.74, 6) is 0.638. The molecule has 0 spiro atoms. The lowest BCUT2D eigenvalue weighted by Crippen LogP contribution is -1.96. The number of hydrogen-bond acceptors (Lipinski definition) is 1. The van der Waals surface area contributed by atoms with Crippen molar-refractivity contribution in [2.45, 2.75) is 20.3 Å². The van der Waals surface area contributed by atoms with E-state index in [0.717, 1.165) is 12.1 Å². The third-order valence-corrected chi connectivity index (χ3v) is 5.26. The van der Waals surface area contributed by atoms with Gasteiger partial charge in [0, 0.05) is 17.1 Å². The van der Waals surface area contributed by atoms with E-state index in [9.17, 15) is 0 Å².